The van der Waals surface area contributed by atoms with Gasteiger partial charge in [-0.25, -0.2) is 9.78 Å². The average Bonchev–Trinajstić information content (AvgIpc) is 3.15. The number of Topliss-reactive ketones (excluding diaryl/α,β-unsaturated/α-hetero) is 1. The molecule has 0 radical (unpaired) electrons. The quantitative estimate of drug-likeness (QED) is 0.376. The number of hydrogen-bond acceptors (Lipinski definition) is 8. The summed E-state index contributed by atoms with van der Waals surface area (Å²) in [6.07, 6.45) is 2.65. The Balaban J connectivity index is 2.00. The second kappa shape index (κ2) is 11.5. The van der Waals surface area contributed by atoms with Crippen molar-refractivity contribution in [2.24, 2.45) is 5.92 Å². The summed E-state index contributed by atoms with van der Waals surface area (Å²) in [5, 5.41) is 11.7. The van der Waals surface area contributed by atoms with Crippen LogP contribution in [0.4, 0.5) is 0 Å². The monoisotopic (exact) mass is 462 g/mol. The Morgan fingerprint density at radius 3 is 2.68 bits per heavy atom. The van der Waals surface area contributed by atoms with E-state index in [2.05, 4.69) is 4.98 Å². The molecule has 0 saturated carbocycles. The van der Waals surface area contributed by atoms with Crippen LogP contribution >= 0.6 is 22.9 Å². The van der Waals surface area contributed by atoms with Crippen LogP contribution in [0.25, 0.3) is 6.08 Å². The van der Waals surface area contributed by atoms with Gasteiger partial charge in [0.2, 0.25) is 0 Å². The smallest absolute Gasteiger partial charge is 0.331 e. The van der Waals surface area contributed by atoms with Gasteiger partial charge < -0.3 is 14.2 Å². The summed E-state index contributed by atoms with van der Waals surface area (Å²) in [5.41, 5.74) is 1.32. The Labute approximate surface area is 190 Å². The highest BCUT2D eigenvalue weighted by Gasteiger charge is 2.24. The van der Waals surface area contributed by atoms with Crippen molar-refractivity contribution in [1.29, 1.82) is 5.26 Å². The zero-order valence-corrected chi connectivity index (χ0v) is 19.2. The molecule has 0 aliphatic heterocycles. The third-order valence-corrected chi connectivity index (χ3v) is 5.22. The summed E-state index contributed by atoms with van der Waals surface area (Å²) in [5.74, 6) is -1.13. The van der Waals surface area contributed by atoms with E-state index in [0.717, 1.165) is 5.69 Å². The summed E-state index contributed by atoms with van der Waals surface area (Å²) in [6.45, 7) is 5.77. The van der Waals surface area contributed by atoms with Crippen molar-refractivity contribution >= 4 is 40.8 Å². The molecule has 1 heterocycles. The van der Waals surface area contributed by atoms with E-state index in [9.17, 15) is 14.9 Å². The fraction of sp³-hybridized carbons (Fsp3) is 0.364. The van der Waals surface area contributed by atoms with Crippen LogP contribution in [0.5, 0.6) is 11.5 Å². The number of hydrogen-bond donors (Lipinski definition) is 0. The number of benzene rings is 1. The van der Waals surface area contributed by atoms with Gasteiger partial charge in [0, 0.05) is 17.2 Å². The second-order valence-corrected chi connectivity index (χ2v) is 8.33. The highest BCUT2D eigenvalue weighted by atomic mass is 35.5. The van der Waals surface area contributed by atoms with E-state index < -0.39 is 24.3 Å². The van der Waals surface area contributed by atoms with Gasteiger partial charge in [0.1, 0.15) is 5.01 Å². The van der Waals surface area contributed by atoms with Crippen LogP contribution in [0.15, 0.2) is 23.6 Å². The summed E-state index contributed by atoms with van der Waals surface area (Å²) in [4.78, 5) is 28.4. The van der Waals surface area contributed by atoms with Gasteiger partial charge in [-0.1, -0.05) is 25.4 Å². The fourth-order valence-electron chi connectivity index (χ4n) is 2.43. The van der Waals surface area contributed by atoms with Crippen LogP contribution in [0.1, 0.15) is 36.0 Å². The lowest BCUT2D eigenvalue weighted by Crippen LogP contribution is -2.19. The Hall–Kier alpha value is -2.89. The number of ketones is 1. The van der Waals surface area contributed by atoms with Gasteiger partial charge in [-0.05, 0) is 36.6 Å². The molecule has 0 unspecified atom stereocenters. The molecule has 164 valence electrons. The van der Waals surface area contributed by atoms with Gasteiger partial charge in [0.25, 0.3) is 0 Å². The number of nitrogens with zero attached hydrogens (tertiary/aromatic N) is 2. The molecular weight excluding hydrogens is 440 g/mol. The summed E-state index contributed by atoms with van der Waals surface area (Å²) in [7, 11) is 1.50. The topological polar surface area (TPSA) is 98.5 Å². The molecular formula is C22H23ClN2O5S. The van der Waals surface area contributed by atoms with E-state index in [1.54, 1.807) is 24.4 Å². The molecule has 0 bridgehead atoms. The SMILES string of the molecule is COc1cc(/C=C/C(=O)OCC(=O)[C@@H](C#N)c2nc(C)cs2)cc(Cl)c1OCC(C)C. The molecule has 0 N–H and O–H groups in total. The van der Waals surface area contributed by atoms with Gasteiger partial charge >= 0.3 is 5.97 Å². The number of ether oxygens (including phenoxy) is 3. The van der Waals surface area contributed by atoms with E-state index >= 15 is 0 Å². The van der Waals surface area contributed by atoms with E-state index in [4.69, 9.17) is 25.8 Å². The largest absolute Gasteiger partial charge is 0.493 e. The molecule has 7 nitrogen and oxygen atoms in total. The van der Waals surface area contributed by atoms with E-state index in [-0.39, 0.29) is 0 Å². The molecule has 0 amide bonds. The molecule has 2 aromatic rings. The van der Waals surface area contributed by atoms with Crippen molar-refractivity contribution in [3.05, 3.63) is 44.9 Å². The highest BCUT2D eigenvalue weighted by molar-refractivity contribution is 7.09. The first-order valence-electron chi connectivity index (χ1n) is 9.44. The predicted octanol–water partition coefficient (Wildman–Crippen LogP) is 4.58. The number of aryl methyl sites for hydroxylation is 1. The van der Waals surface area contributed by atoms with Crippen LogP contribution in [-0.2, 0) is 14.3 Å². The maximum Gasteiger partial charge on any atom is 0.331 e. The van der Waals surface area contributed by atoms with Crippen molar-refractivity contribution in [3.63, 3.8) is 0 Å². The lowest BCUT2D eigenvalue weighted by molar-refractivity contribution is -0.143. The molecule has 9 heteroatoms. The summed E-state index contributed by atoms with van der Waals surface area (Å²) >= 11 is 7.51. The van der Waals surface area contributed by atoms with E-state index in [0.29, 0.717) is 39.6 Å². The Kier molecular flexibility index (Phi) is 9.03. The maximum atomic E-state index is 12.2. The van der Waals surface area contributed by atoms with Gasteiger partial charge in [0.05, 0.1) is 24.8 Å². The van der Waals surface area contributed by atoms with Crippen LogP contribution < -0.4 is 9.47 Å². The van der Waals surface area contributed by atoms with Crippen LogP contribution in [-0.4, -0.2) is 37.1 Å². The van der Waals surface area contributed by atoms with Crippen LogP contribution in [0.2, 0.25) is 5.02 Å². The Morgan fingerprint density at radius 1 is 1.35 bits per heavy atom. The number of aromatic nitrogens is 1. The van der Waals surface area contributed by atoms with E-state index in [1.807, 2.05) is 19.9 Å². The summed E-state index contributed by atoms with van der Waals surface area (Å²) < 4.78 is 16.0. The van der Waals surface area contributed by atoms with Crippen molar-refractivity contribution < 1.29 is 23.8 Å². The summed E-state index contributed by atoms with van der Waals surface area (Å²) in [6, 6.07) is 5.21. The molecule has 1 atom stereocenters. The van der Waals surface area contributed by atoms with Crippen molar-refractivity contribution in [2.45, 2.75) is 26.7 Å². The second-order valence-electron chi connectivity index (χ2n) is 7.04. The number of halogens is 1. The Bertz CT molecular complexity index is 1010. The minimum absolute atomic E-state index is 0.318. The maximum absolute atomic E-state index is 12.2. The molecule has 2 rings (SSSR count). The third kappa shape index (κ3) is 7.09. The lowest BCUT2D eigenvalue weighted by atomic mass is 10.1. The molecule has 0 spiro atoms. The van der Waals surface area contributed by atoms with E-state index in [1.165, 1.54) is 30.6 Å². The molecule has 0 saturated heterocycles. The molecule has 0 aliphatic rings. The third-order valence-electron chi connectivity index (χ3n) is 3.92. The van der Waals surface area contributed by atoms with Crippen LogP contribution in [0, 0.1) is 24.2 Å². The standard InChI is InChI=1S/C22H23ClN2O5S/c1-13(2)10-30-21-17(23)7-15(8-19(21)28-4)5-6-20(27)29-11-18(26)16(9-24)22-25-14(3)12-31-22/h5-8,12-13,16H,10-11H2,1-4H3/b6-5+/t16-/m1/s1. The number of carbonyl (C=O) groups excluding carboxylic acids is 2. The number of methoxy groups -OCH3 is 1. The fourth-order valence-corrected chi connectivity index (χ4v) is 3.57. The molecule has 1 aromatic heterocycles. The van der Waals surface area contributed by atoms with Crippen molar-refractivity contribution in [2.75, 3.05) is 20.3 Å². The normalized spacial score (nSPS) is 11.9. The van der Waals surface area contributed by atoms with Gasteiger partial charge in [-0.15, -0.1) is 11.3 Å². The average molecular weight is 463 g/mol. The number of nitriles is 1. The van der Waals surface area contributed by atoms with Gasteiger partial charge in [-0.2, -0.15) is 5.26 Å². The van der Waals surface area contributed by atoms with Gasteiger partial charge in [-0.3, -0.25) is 4.79 Å². The minimum Gasteiger partial charge on any atom is -0.493 e. The van der Waals surface area contributed by atoms with Crippen molar-refractivity contribution in [1.82, 2.24) is 4.98 Å². The first kappa shape index (κ1) is 24.4. The molecule has 31 heavy (non-hydrogen) atoms. The number of thiazole rings is 1. The van der Waals surface area contributed by atoms with Crippen molar-refractivity contribution in [3.8, 4) is 17.6 Å². The molecule has 0 fully saturated rings. The first-order chi connectivity index (χ1) is 14.7. The Morgan fingerprint density at radius 2 is 2.10 bits per heavy atom. The highest BCUT2D eigenvalue weighted by Crippen LogP contribution is 2.37. The number of esters is 1. The minimum atomic E-state index is -1.06. The van der Waals surface area contributed by atoms with Gasteiger partial charge in [0.15, 0.2) is 29.8 Å². The first-order valence-corrected chi connectivity index (χ1v) is 10.7. The lowest BCUT2D eigenvalue weighted by Gasteiger charge is -2.14. The molecule has 0 aliphatic carbocycles. The number of rotatable bonds is 10. The van der Waals surface area contributed by atoms with Crippen LogP contribution in [0.3, 0.4) is 0 Å². The molecule has 1 aromatic carbocycles. The zero-order valence-electron chi connectivity index (χ0n) is 17.7. The zero-order chi connectivity index (χ0) is 23.0. The predicted molar refractivity (Wildman–Crippen MR) is 119 cm³/mol. The number of carbonyl (C=O) groups is 2.